The van der Waals surface area contributed by atoms with Gasteiger partial charge in [0.2, 0.25) is 0 Å². The molecule has 0 heterocycles. The molecule has 0 aliphatic carbocycles. The maximum atomic E-state index is 11.5. The fourth-order valence-corrected chi connectivity index (χ4v) is 0.662. The number of alkyl halides is 2. The summed E-state index contributed by atoms with van der Waals surface area (Å²) >= 11 is 0. The molecule has 6 heteroatoms. The molecular weight excluding hydrogens is 196 g/mol. The van der Waals surface area contributed by atoms with E-state index in [0.29, 0.717) is 13.1 Å². The Morgan fingerprint density at radius 3 is 2.86 bits per heavy atom. The highest BCUT2D eigenvalue weighted by atomic mass is 19.3. The maximum Gasteiger partial charge on any atom is 0.328 e. The number of carboxylic acids is 1. The van der Waals surface area contributed by atoms with E-state index >= 15 is 0 Å². The van der Waals surface area contributed by atoms with Crippen LogP contribution < -0.4 is 5.32 Å². The average molecular weight is 209 g/mol. The van der Waals surface area contributed by atoms with Crippen molar-refractivity contribution in [1.29, 1.82) is 0 Å². The number of rotatable bonds is 8. The van der Waals surface area contributed by atoms with Gasteiger partial charge in [-0.3, -0.25) is 0 Å². The van der Waals surface area contributed by atoms with E-state index in [1.54, 1.807) is 0 Å². The molecule has 0 rings (SSSR count). The van der Waals surface area contributed by atoms with Gasteiger partial charge in [0.25, 0.3) is 6.43 Å². The summed E-state index contributed by atoms with van der Waals surface area (Å²) in [6.07, 6.45) is -0.00968. The highest BCUT2D eigenvalue weighted by molar-refractivity contribution is 5.79. The second-order valence-corrected chi connectivity index (χ2v) is 2.41. The van der Waals surface area contributed by atoms with Crippen LogP contribution in [0.3, 0.4) is 0 Å². The predicted molar refractivity (Wildman–Crippen MR) is 46.5 cm³/mol. The largest absolute Gasteiger partial charge is 0.478 e. The van der Waals surface area contributed by atoms with Crippen molar-refractivity contribution in [3.8, 4) is 0 Å². The van der Waals surface area contributed by atoms with Crippen molar-refractivity contribution in [2.24, 2.45) is 0 Å². The first kappa shape index (κ1) is 13.0. The zero-order valence-corrected chi connectivity index (χ0v) is 7.58. The number of hydrogen-bond donors (Lipinski definition) is 2. The molecule has 0 aromatic rings. The van der Waals surface area contributed by atoms with E-state index in [0.717, 1.165) is 6.08 Å². The zero-order valence-electron chi connectivity index (χ0n) is 7.58. The number of hydrogen-bond acceptors (Lipinski definition) is 3. The lowest BCUT2D eigenvalue weighted by atomic mass is 10.5. The van der Waals surface area contributed by atoms with Crippen LogP contribution in [0.1, 0.15) is 0 Å². The summed E-state index contributed by atoms with van der Waals surface area (Å²) in [6, 6.07) is 0. The first-order valence-corrected chi connectivity index (χ1v) is 4.09. The second kappa shape index (κ2) is 8.58. The molecule has 0 atom stereocenters. The lowest BCUT2D eigenvalue weighted by Crippen LogP contribution is -2.21. The lowest BCUT2D eigenvalue weighted by molar-refractivity contribution is -0.131. The Morgan fingerprint density at radius 1 is 1.57 bits per heavy atom. The molecule has 0 aromatic heterocycles. The van der Waals surface area contributed by atoms with Crippen LogP contribution in [0.5, 0.6) is 0 Å². The van der Waals surface area contributed by atoms with Gasteiger partial charge in [-0.1, -0.05) is 6.08 Å². The summed E-state index contributed by atoms with van der Waals surface area (Å²) in [5, 5.41) is 11.0. The van der Waals surface area contributed by atoms with Crippen molar-refractivity contribution in [1.82, 2.24) is 5.32 Å². The van der Waals surface area contributed by atoms with E-state index < -0.39 is 19.0 Å². The number of aliphatic carboxylic acids is 1. The normalized spacial score (nSPS) is 11.4. The monoisotopic (exact) mass is 209 g/mol. The molecule has 82 valence electrons. The molecule has 0 amide bonds. The van der Waals surface area contributed by atoms with Crippen LogP contribution in [0, 0.1) is 0 Å². The van der Waals surface area contributed by atoms with Crippen molar-refractivity contribution in [2.75, 3.05) is 26.3 Å². The Labute approximate surface area is 80.6 Å². The van der Waals surface area contributed by atoms with Crippen molar-refractivity contribution in [2.45, 2.75) is 6.43 Å². The van der Waals surface area contributed by atoms with Gasteiger partial charge in [0.15, 0.2) is 0 Å². The maximum absolute atomic E-state index is 11.5. The van der Waals surface area contributed by atoms with Crippen molar-refractivity contribution in [3.63, 3.8) is 0 Å². The molecule has 4 nitrogen and oxygen atoms in total. The third-order valence-corrected chi connectivity index (χ3v) is 1.19. The first-order chi connectivity index (χ1) is 6.63. The topological polar surface area (TPSA) is 58.6 Å². The Bertz CT molecular complexity index is 185. The quantitative estimate of drug-likeness (QED) is 0.451. The van der Waals surface area contributed by atoms with E-state index in [1.807, 2.05) is 0 Å². The SMILES string of the molecule is O=C(O)/C=C/CNCCOCC(F)F. The van der Waals surface area contributed by atoms with Crippen LogP contribution >= 0.6 is 0 Å². The number of nitrogens with one attached hydrogen (secondary N) is 1. The molecule has 0 unspecified atom stereocenters. The van der Waals surface area contributed by atoms with E-state index in [2.05, 4.69) is 10.1 Å². The molecule has 0 fully saturated rings. The number of ether oxygens (including phenoxy) is 1. The van der Waals surface area contributed by atoms with E-state index in [-0.39, 0.29) is 6.61 Å². The summed E-state index contributed by atoms with van der Waals surface area (Å²) in [6.45, 7) is 0.416. The van der Waals surface area contributed by atoms with E-state index in [4.69, 9.17) is 5.11 Å². The van der Waals surface area contributed by atoms with Crippen LogP contribution in [-0.4, -0.2) is 43.8 Å². The van der Waals surface area contributed by atoms with Gasteiger partial charge in [0, 0.05) is 19.2 Å². The molecule has 0 aliphatic rings. The Morgan fingerprint density at radius 2 is 2.29 bits per heavy atom. The lowest BCUT2D eigenvalue weighted by Gasteiger charge is -2.03. The van der Waals surface area contributed by atoms with Crippen LogP contribution in [0.15, 0.2) is 12.2 Å². The first-order valence-electron chi connectivity index (χ1n) is 4.09. The zero-order chi connectivity index (χ0) is 10.8. The van der Waals surface area contributed by atoms with Crippen molar-refractivity contribution in [3.05, 3.63) is 12.2 Å². The minimum atomic E-state index is -2.44. The standard InChI is InChI=1S/C8H13F2NO3/c9-7(10)6-14-5-4-11-3-1-2-8(12)13/h1-2,7,11H,3-6H2,(H,12,13)/b2-1+. The molecular formula is C8H13F2NO3. The Balaban J connectivity index is 3.10. The van der Waals surface area contributed by atoms with Gasteiger partial charge in [-0.25, -0.2) is 13.6 Å². The third kappa shape index (κ3) is 11.0. The van der Waals surface area contributed by atoms with E-state index in [9.17, 15) is 13.6 Å². The molecule has 0 saturated heterocycles. The average Bonchev–Trinajstić information content (AvgIpc) is 2.08. The fraction of sp³-hybridized carbons (Fsp3) is 0.625. The van der Waals surface area contributed by atoms with Gasteiger partial charge in [-0.2, -0.15) is 0 Å². The summed E-state index contributed by atoms with van der Waals surface area (Å²) in [5.41, 5.74) is 0. The molecule has 0 saturated carbocycles. The number of carboxylic acid groups (broad SMARTS) is 1. The van der Waals surface area contributed by atoms with E-state index in [1.165, 1.54) is 6.08 Å². The van der Waals surface area contributed by atoms with Gasteiger partial charge in [-0.15, -0.1) is 0 Å². The molecule has 0 aliphatic heterocycles. The van der Waals surface area contributed by atoms with Gasteiger partial charge in [0.05, 0.1) is 6.61 Å². The van der Waals surface area contributed by atoms with Crippen LogP contribution in [0.4, 0.5) is 8.78 Å². The molecule has 0 spiro atoms. The van der Waals surface area contributed by atoms with Gasteiger partial charge < -0.3 is 15.2 Å². The Kier molecular flexibility index (Phi) is 7.96. The van der Waals surface area contributed by atoms with Crippen molar-refractivity contribution < 1.29 is 23.4 Å². The smallest absolute Gasteiger partial charge is 0.328 e. The molecule has 2 N–H and O–H groups in total. The van der Waals surface area contributed by atoms with Gasteiger partial charge >= 0.3 is 5.97 Å². The Hall–Kier alpha value is -1.01. The van der Waals surface area contributed by atoms with Gasteiger partial charge in [-0.05, 0) is 0 Å². The minimum Gasteiger partial charge on any atom is -0.478 e. The summed E-state index contributed by atoms with van der Waals surface area (Å²) in [7, 11) is 0. The number of halogens is 2. The minimum absolute atomic E-state index is 0.186. The second-order valence-electron chi connectivity index (χ2n) is 2.41. The van der Waals surface area contributed by atoms with Crippen LogP contribution in [0.2, 0.25) is 0 Å². The number of carbonyl (C=O) groups is 1. The molecule has 0 radical (unpaired) electrons. The third-order valence-electron chi connectivity index (χ3n) is 1.19. The molecule has 0 bridgehead atoms. The van der Waals surface area contributed by atoms with Gasteiger partial charge in [0.1, 0.15) is 6.61 Å². The van der Waals surface area contributed by atoms with Crippen LogP contribution in [-0.2, 0) is 9.53 Å². The van der Waals surface area contributed by atoms with Crippen LogP contribution in [0.25, 0.3) is 0 Å². The summed E-state index contributed by atoms with van der Waals surface area (Å²) < 4.78 is 27.6. The predicted octanol–water partition coefficient (Wildman–Crippen LogP) is 0.499. The van der Waals surface area contributed by atoms with Crippen molar-refractivity contribution >= 4 is 5.97 Å². The fourth-order valence-electron chi connectivity index (χ4n) is 0.662. The summed E-state index contributed by atoms with van der Waals surface area (Å²) in [5.74, 6) is -1.01. The molecule has 0 aromatic carbocycles. The highest BCUT2D eigenvalue weighted by Gasteiger charge is 2.00. The molecule has 14 heavy (non-hydrogen) atoms. The summed E-state index contributed by atoms with van der Waals surface area (Å²) in [4.78, 5) is 9.99. The highest BCUT2D eigenvalue weighted by Crippen LogP contribution is 1.90.